The van der Waals surface area contributed by atoms with Gasteiger partial charge >= 0.3 is 0 Å². The van der Waals surface area contributed by atoms with E-state index in [0.29, 0.717) is 11.0 Å². The summed E-state index contributed by atoms with van der Waals surface area (Å²) < 4.78 is 14.6. The third-order valence-corrected chi connectivity index (χ3v) is 2.05. The van der Waals surface area contributed by atoms with Crippen molar-refractivity contribution in [2.75, 3.05) is 6.61 Å². The van der Waals surface area contributed by atoms with E-state index in [2.05, 4.69) is 10.3 Å². The summed E-state index contributed by atoms with van der Waals surface area (Å²) in [6, 6.07) is 4.40. The van der Waals surface area contributed by atoms with Crippen LogP contribution in [0.3, 0.4) is 0 Å². The van der Waals surface area contributed by atoms with Gasteiger partial charge in [0.1, 0.15) is 28.5 Å². The second-order valence-electron chi connectivity index (χ2n) is 2.94. The van der Waals surface area contributed by atoms with Crippen molar-refractivity contribution in [3.63, 3.8) is 0 Å². The number of fused-ring (bicyclic) bond motifs is 1. The van der Waals surface area contributed by atoms with Crippen LogP contribution in [0.4, 0.5) is 4.39 Å². The number of rotatable bonds is 2. The Balaban J connectivity index is 2.76. The van der Waals surface area contributed by atoms with Crippen molar-refractivity contribution < 1.29 is 9.50 Å². The SMILES string of the molecule is N#Cc1c(F)ccc2nnn(CCO)c12. The summed E-state index contributed by atoms with van der Waals surface area (Å²) in [5.41, 5.74) is 0.680. The molecule has 0 fully saturated rings. The standard InChI is InChI=1S/C9H7FN4O/c10-7-1-2-8-9(6(7)5-11)14(3-4-15)13-12-8/h1-2,15H,3-4H2. The number of halogens is 1. The number of hydrogen-bond donors (Lipinski definition) is 1. The molecule has 0 aliphatic rings. The molecule has 5 nitrogen and oxygen atoms in total. The third kappa shape index (κ3) is 1.43. The second kappa shape index (κ2) is 3.63. The predicted octanol–water partition coefficient (Wildman–Crippen LogP) is 0.434. The van der Waals surface area contributed by atoms with Gasteiger partial charge in [-0.1, -0.05) is 5.21 Å². The van der Waals surface area contributed by atoms with Gasteiger partial charge in [-0.25, -0.2) is 9.07 Å². The fourth-order valence-electron chi connectivity index (χ4n) is 1.40. The number of aromatic nitrogens is 3. The number of aliphatic hydroxyl groups excluding tert-OH is 1. The summed E-state index contributed by atoms with van der Waals surface area (Å²) in [7, 11) is 0. The molecule has 0 saturated carbocycles. The largest absolute Gasteiger partial charge is 0.394 e. The number of aliphatic hydroxyl groups is 1. The highest BCUT2D eigenvalue weighted by molar-refractivity contribution is 5.81. The van der Waals surface area contributed by atoms with Gasteiger partial charge in [-0.05, 0) is 12.1 Å². The van der Waals surface area contributed by atoms with Crippen molar-refractivity contribution in [1.82, 2.24) is 15.0 Å². The molecule has 0 saturated heterocycles. The molecule has 0 amide bonds. The number of hydrogen-bond acceptors (Lipinski definition) is 4. The lowest BCUT2D eigenvalue weighted by atomic mass is 10.2. The fraction of sp³-hybridized carbons (Fsp3) is 0.222. The molecule has 1 N–H and O–H groups in total. The first kappa shape index (κ1) is 9.55. The second-order valence-corrected chi connectivity index (χ2v) is 2.94. The molecule has 0 bridgehead atoms. The maximum atomic E-state index is 13.3. The molecule has 0 spiro atoms. The van der Waals surface area contributed by atoms with Crippen LogP contribution in [0.25, 0.3) is 11.0 Å². The molecule has 2 rings (SSSR count). The third-order valence-electron chi connectivity index (χ3n) is 2.05. The first-order chi connectivity index (χ1) is 7.27. The van der Waals surface area contributed by atoms with Crippen LogP contribution >= 0.6 is 0 Å². The van der Waals surface area contributed by atoms with E-state index in [9.17, 15) is 4.39 Å². The molecule has 15 heavy (non-hydrogen) atoms. The average molecular weight is 206 g/mol. The van der Waals surface area contributed by atoms with Gasteiger partial charge in [0.05, 0.1) is 13.2 Å². The maximum Gasteiger partial charge on any atom is 0.143 e. The lowest BCUT2D eigenvalue weighted by molar-refractivity contribution is 0.270. The normalized spacial score (nSPS) is 10.5. The molecule has 1 aromatic heterocycles. The summed E-state index contributed by atoms with van der Waals surface area (Å²) in [6.07, 6.45) is 0. The van der Waals surface area contributed by atoms with E-state index < -0.39 is 5.82 Å². The molecular weight excluding hydrogens is 199 g/mol. The Kier molecular flexibility index (Phi) is 2.31. The van der Waals surface area contributed by atoms with E-state index in [-0.39, 0.29) is 18.7 Å². The zero-order chi connectivity index (χ0) is 10.8. The van der Waals surface area contributed by atoms with Crippen molar-refractivity contribution in [2.24, 2.45) is 0 Å². The van der Waals surface area contributed by atoms with Crippen molar-refractivity contribution in [3.05, 3.63) is 23.5 Å². The molecule has 2 aromatic rings. The summed E-state index contributed by atoms with van der Waals surface area (Å²) >= 11 is 0. The Morgan fingerprint density at radius 2 is 2.33 bits per heavy atom. The van der Waals surface area contributed by atoms with E-state index in [1.807, 2.05) is 0 Å². The summed E-state index contributed by atoms with van der Waals surface area (Å²) in [6.45, 7) is 0.0501. The molecule has 0 aliphatic heterocycles. The Morgan fingerprint density at radius 1 is 1.53 bits per heavy atom. The summed E-state index contributed by atoms with van der Waals surface area (Å²) in [4.78, 5) is 0. The van der Waals surface area contributed by atoms with Crippen LogP contribution in [0.15, 0.2) is 12.1 Å². The van der Waals surface area contributed by atoms with Crippen molar-refractivity contribution >= 4 is 11.0 Å². The van der Waals surface area contributed by atoms with E-state index in [0.717, 1.165) is 0 Å². The van der Waals surface area contributed by atoms with Gasteiger partial charge in [-0.15, -0.1) is 5.10 Å². The van der Waals surface area contributed by atoms with Crippen LogP contribution in [0.2, 0.25) is 0 Å². The molecule has 6 heteroatoms. The van der Waals surface area contributed by atoms with Crippen molar-refractivity contribution in [3.8, 4) is 6.07 Å². The fourth-order valence-corrected chi connectivity index (χ4v) is 1.40. The van der Waals surface area contributed by atoms with Gasteiger partial charge < -0.3 is 5.11 Å². The van der Waals surface area contributed by atoms with Crippen LogP contribution < -0.4 is 0 Å². The number of nitriles is 1. The van der Waals surface area contributed by atoms with Crippen molar-refractivity contribution in [1.29, 1.82) is 5.26 Å². The van der Waals surface area contributed by atoms with Gasteiger partial charge in [0.15, 0.2) is 0 Å². The average Bonchev–Trinajstić information content (AvgIpc) is 2.63. The van der Waals surface area contributed by atoms with Gasteiger partial charge in [0.25, 0.3) is 0 Å². The van der Waals surface area contributed by atoms with Crippen LogP contribution in [0, 0.1) is 17.1 Å². The van der Waals surface area contributed by atoms with E-state index >= 15 is 0 Å². The first-order valence-corrected chi connectivity index (χ1v) is 4.30. The highest BCUT2D eigenvalue weighted by Crippen LogP contribution is 2.18. The van der Waals surface area contributed by atoms with Crippen LogP contribution in [-0.4, -0.2) is 26.7 Å². The Labute approximate surface area is 84.4 Å². The molecule has 1 aromatic carbocycles. The zero-order valence-corrected chi connectivity index (χ0v) is 7.68. The summed E-state index contributed by atoms with van der Waals surface area (Å²) in [5, 5.41) is 25.1. The van der Waals surface area contributed by atoms with E-state index in [1.165, 1.54) is 16.8 Å². The first-order valence-electron chi connectivity index (χ1n) is 4.30. The monoisotopic (exact) mass is 206 g/mol. The van der Waals surface area contributed by atoms with Gasteiger partial charge in [-0.3, -0.25) is 0 Å². The van der Waals surface area contributed by atoms with Gasteiger partial charge in [0, 0.05) is 0 Å². The lowest BCUT2D eigenvalue weighted by Gasteiger charge is -2.00. The maximum absolute atomic E-state index is 13.3. The highest BCUT2D eigenvalue weighted by Gasteiger charge is 2.13. The Hall–Kier alpha value is -2.00. The van der Waals surface area contributed by atoms with E-state index in [4.69, 9.17) is 10.4 Å². The Bertz CT molecular complexity index is 543. The van der Waals surface area contributed by atoms with Crippen molar-refractivity contribution in [2.45, 2.75) is 6.54 Å². The smallest absolute Gasteiger partial charge is 0.143 e. The van der Waals surface area contributed by atoms with Gasteiger partial charge in [0.2, 0.25) is 0 Å². The zero-order valence-electron chi connectivity index (χ0n) is 7.68. The summed E-state index contributed by atoms with van der Waals surface area (Å²) in [5.74, 6) is -0.605. The van der Waals surface area contributed by atoms with Crippen LogP contribution in [-0.2, 0) is 6.54 Å². The predicted molar refractivity (Wildman–Crippen MR) is 49.3 cm³/mol. The number of benzene rings is 1. The van der Waals surface area contributed by atoms with Crippen LogP contribution in [0.1, 0.15) is 5.56 Å². The minimum atomic E-state index is -0.605. The topological polar surface area (TPSA) is 74.7 Å². The Morgan fingerprint density at radius 3 is 3.00 bits per heavy atom. The quantitative estimate of drug-likeness (QED) is 0.773. The minimum absolute atomic E-state index is 0.0917. The molecule has 76 valence electrons. The van der Waals surface area contributed by atoms with Gasteiger partial charge in [-0.2, -0.15) is 5.26 Å². The van der Waals surface area contributed by atoms with E-state index in [1.54, 1.807) is 6.07 Å². The lowest BCUT2D eigenvalue weighted by Crippen LogP contribution is -2.05. The molecule has 0 radical (unpaired) electrons. The minimum Gasteiger partial charge on any atom is -0.394 e. The molecule has 0 unspecified atom stereocenters. The number of nitrogens with zero attached hydrogens (tertiary/aromatic N) is 4. The molecule has 0 atom stereocenters. The molecule has 1 heterocycles. The molecular formula is C9H7FN4O. The highest BCUT2D eigenvalue weighted by atomic mass is 19.1. The molecule has 0 aliphatic carbocycles. The van der Waals surface area contributed by atoms with Crippen LogP contribution in [0.5, 0.6) is 0 Å².